The lowest BCUT2D eigenvalue weighted by molar-refractivity contribution is -0.137. The Morgan fingerprint density at radius 3 is 1.92 bits per heavy atom. The van der Waals surface area contributed by atoms with Gasteiger partial charge in [-0.25, -0.2) is 0 Å². The van der Waals surface area contributed by atoms with Crippen molar-refractivity contribution in [3.63, 3.8) is 0 Å². The van der Waals surface area contributed by atoms with Gasteiger partial charge in [0.05, 0.1) is 0 Å². The van der Waals surface area contributed by atoms with Crippen LogP contribution >= 0.6 is 0 Å². The Hall–Kier alpha value is -1.06. The van der Waals surface area contributed by atoms with Crippen molar-refractivity contribution in [2.75, 3.05) is 0 Å². The van der Waals surface area contributed by atoms with E-state index in [2.05, 4.69) is 0 Å². The van der Waals surface area contributed by atoms with Gasteiger partial charge in [-0.2, -0.15) is 0 Å². The van der Waals surface area contributed by atoms with Crippen molar-refractivity contribution in [2.45, 2.75) is 38.5 Å². The zero-order valence-electron chi connectivity index (χ0n) is 7.08. The number of hydrogen-bond acceptors (Lipinski definition) is 2. The number of aliphatic carboxylic acids is 1. The lowest BCUT2D eigenvalue weighted by Crippen LogP contribution is -2.09. The first-order chi connectivity index (χ1) is 5.63. The number of carboxylic acid groups (broad SMARTS) is 1. The van der Waals surface area contributed by atoms with Crippen LogP contribution in [0.1, 0.15) is 38.5 Å². The molecule has 0 aromatic rings. The standard InChI is InChI=1S/C8H15NO3/c9-7(10)5-3-1-2-4-6-8(11)12/h1-6H2,(H2,9,10)(H,11,12). The van der Waals surface area contributed by atoms with Crippen molar-refractivity contribution in [2.24, 2.45) is 5.73 Å². The Morgan fingerprint density at radius 2 is 1.50 bits per heavy atom. The lowest BCUT2D eigenvalue weighted by Gasteiger charge is -1.96. The minimum atomic E-state index is -0.759. The van der Waals surface area contributed by atoms with Crippen LogP contribution in [0.3, 0.4) is 0 Å². The lowest BCUT2D eigenvalue weighted by atomic mass is 10.1. The van der Waals surface area contributed by atoms with Crippen LogP contribution in [-0.4, -0.2) is 17.0 Å². The number of primary amides is 1. The zero-order chi connectivity index (χ0) is 9.40. The molecule has 0 atom stereocenters. The van der Waals surface area contributed by atoms with Crippen molar-refractivity contribution in [3.05, 3.63) is 0 Å². The highest BCUT2D eigenvalue weighted by Gasteiger charge is 1.97. The second-order valence-electron chi connectivity index (χ2n) is 2.77. The molecule has 4 heteroatoms. The van der Waals surface area contributed by atoms with E-state index in [4.69, 9.17) is 10.8 Å². The Kier molecular flexibility index (Phi) is 6.05. The summed E-state index contributed by atoms with van der Waals surface area (Å²) in [7, 11) is 0. The van der Waals surface area contributed by atoms with E-state index in [1.165, 1.54) is 0 Å². The van der Waals surface area contributed by atoms with E-state index >= 15 is 0 Å². The van der Waals surface area contributed by atoms with E-state index in [1.54, 1.807) is 0 Å². The fraction of sp³-hybridized carbons (Fsp3) is 0.750. The topological polar surface area (TPSA) is 80.4 Å². The molecule has 0 aromatic carbocycles. The molecule has 70 valence electrons. The number of carboxylic acids is 1. The van der Waals surface area contributed by atoms with Gasteiger partial charge in [-0.15, -0.1) is 0 Å². The molecular weight excluding hydrogens is 158 g/mol. The van der Waals surface area contributed by atoms with E-state index < -0.39 is 5.97 Å². The van der Waals surface area contributed by atoms with Crippen molar-refractivity contribution in [1.82, 2.24) is 0 Å². The maximum absolute atomic E-state index is 10.3. The minimum absolute atomic E-state index is 0.219. The van der Waals surface area contributed by atoms with Crippen molar-refractivity contribution in [1.29, 1.82) is 0 Å². The molecule has 0 saturated heterocycles. The predicted molar refractivity (Wildman–Crippen MR) is 44.5 cm³/mol. The fourth-order valence-electron chi connectivity index (χ4n) is 0.929. The average molecular weight is 173 g/mol. The molecular formula is C8H15NO3. The highest BCUT2D eigenvalue weighted by molar-refractivity contribution is 5.73. The molecule has 0 unspecified atom stereocenters. The molecule has 0 fully saturated rings. The highest BCUT2D eigenvalue weighted by atomic mass is 16.4. The number of carbonyl (C=O) groups excluding carboxylic acids is 1. The number of carbonyl (C=O) groups is 2. The molecule has 0 spiro atoms. The van der Waals surface area contributed by atoms with Gasteiger partial charge in [0, 0.05) is 12.8 Å². The zero-order valence-corrected chi connectivity index (χ0v) is 7.08. The first-order valence-corrected chi connectivity index (χ1v) is 4.13. The Labute approximate surface area is 71.8 Å². The van der Waals surface area contributed by atoms with Gasteiger partial charge in [0.1, 0.15) is 0 Å². The summed E-state index contributed by atoms with van der Waals surface area (Å²) in [4.78, 5) is 20.3. The number of nitrogens with two attached hydrogens (primary N) is 1. The molecule has 0 radical (unpaired) electrons. The Balaban J connectivity index is 3.01. The molecule has 0 bridgehead atoms. The second kappa shape index (κ2) is 6.64. The van der Waals surface area contributed by atoms with Crippen LogP contribution < -0.4 is 5.73 Å². The SMILES string of the molecule is NC(=O)CCCCCCC(=O)O. The third-order valence-electron chi connectivity index (χ3n) is 1.56. The number of amides is 1. The maximum atomic E-state index is 10.3. The molecule has 0 heterocycles. The molecule has 0 aliphatic rings. The summed E-state index contributed by atoms with van der Waals surface area (Å²) in [5.41, 5.74) is 4.92. The van der Waals surface area contributed by atoms with Crippen molar-refractivity contribution >= 4 is 11.9 Å². The first-order valence-electron chi connectivity index (χ1n) is 4.13. The molecule has 0 aromatic heterocycles. The predicted octanol–water partition coefficient (Wildman–Crippen LogP) is 0.897. The average Bonchev–Trinajstić information content (AvgIpc) is 1.95. The summed E-state index contributed by atoms with van der Waals surface area (Å²) in [6.07, 6.45) is 3.84. The second-order valence-corrected chi connectivity index (χ2v) is 2.77. The van der Waals surface area contributed by atoms with Crippen LogP contribution in [0.2, 0.25) is 0 Å². The highest BCUT2D eigenvalue weighted by Crippen LogP contribution is 2.04. The summed E-state index contributed by atoms with van der Waals surface area (Å²) in [5, 5.41) is 8.28. The van der Waals surface area contributed by atoms with Gasteiger partial charge < -0.3 is 10.8 Å². The van der Waals surface area contributed by atoms with Gasteiger partial charge in [-0.3, -0.25) is 9.59 Å². The first kappa shape index (κ1) is 10.9. The van der Waals surface area contributed by atoms with E-state index in [1.807, 2.05) is 0 Å². The summed E-state index contributed by atoms with van der Waals surface area (Å²) >= 11 is 0. The van der Waals surface area contributed by atoms with Gasteiger partial charge in [0.15, 0.2) is 0 Å². The quantitative estimate of drug-likeness (QED) is 0.561. The van der Waals surface area contributed by atoms with E-state index in [9.17, 15) is 9.59 Å². The summed E-state index contributed by atoms with van der Waals surface area (Å²) < 4.78 is 0. The van der Waals surface area contributed by atoms with Crippen LogP contribution in [0.25, 0.3) is 0 Å². The molecule has 0 rings (SSSR count). The molecule has 1 amide bonds. The molecule has 12 heavy (non-hydrogen) atoms. The molecule has 3 N–H and O–H groups in total. The normalized spacial score (nSPS) is 9.67. The van der Waals surface area contributed by atoms with E-state index in [0.717, 1.165) is 19.3 Å². The molecule has 0 aliphatic carbocycles. The van der Waals surface area contributed by atoms with Gasteiger partial charge in [0.25, 0.3) is 0 Å². The molecule has 0 saturated carbocycles. The number of unbranched alkanes of at least 4 members (excludes halogenated alkanes) is 3. The van der Waals surface area contributed by atoms with Crippen LogP contribution in [0.5, 0.6) is 0 Å². The Morgan fingerprint density at radius 1 is 1.00 bits per heavy atom. The van der Waals surface area contributed by atoms with Gasteiger partial charge in [-0.1, -0.05) is 12.8 Å². The summed E-state index contributed by atoms with van der Waals surface area (Å²) in [6, 6.07) is 0. The fourth-order valence-corrected chi connectivity index (χ4v) is 0.929. The summed E-state index contributed by atoms with van der Waals surface area (Å²) in [6.45, 7) is 0. The smallest absolute Gasteiger partial charge is 0.303 e. The third kappa shape index (κ3) is 8.94. The van der Waals surface area contributed by atoms with E-state index in [0.29, 0.717) is 12.8 Å². The molecule has 4 nitrogen and oxygen atoms in total. The van der Waals surface area contributed by atoms with Crippen LogP contribution in [0.15, 0.2) is 0 Å². The Bertz CT molecular complexity index is 138. The largest absolute Gasteiger partial charge is 0.481 e. The van der Waals surface area contributed by atoms with Gasteiger partial charge >= 0.3 is 5.97 Å². The maximum Gasteiger partial charge on any atom is 0.303 e. The van der Waals surface area contributed by atoms with Crippen LogP contribution in [0.4, 0.5) is 0 Å². The summed E-state index contributed by atoms with van der Waals surface area (Å²) in [5.74, 6) is -1.04. The van der Waals surface area contributed by atoms with E-state index in [-0.39, 0.29) is 12.3 Å². The van der Waals surface area contributed by atoms with Gasteiger partial charge in [0.2, 0.25) is 5.91 Å². The van der Waals surface area contributed by atoms with Gasteiger partial charge in [-0.05, 0) is 12.8 Å². The van der Waals surface area contributed by atoms with Crippen LogP contribution in [0, 0.1) is 0 Å². The molecule has 0 aliphatic heterocycles. The minimum Gasteiger partial charge on any atom is -0.481 e. The third-order valence-corrected chi connectivity index (χ3v) is 1.56. The van der Waals surface area contributed by atoms with Crippen molar-refractivity contribution in [3.8, 4) is 0 Å². The number of hydrogen-bond donors (Lipinski definition) is 2. The number of rotatable bonds is 7. The monoisotopic (exact) mass is 173 g/mol. The van der Waals surface area contributed by atoms with Crippen molar-refractivity contribution < 1.29 is 14.7 Å². The van der Waals surface area contributed by atoms with Crippen LogP contribution in [-0.2, 0) is 9.59 Å².